The van der Waals surface area contributed by atoms with E-state index in [-0.39, 0.29) is 4.88 Å². The highest BCUT2D eigenvalue weighted by atomic mass is 32.1. The van der Waals surface area contributed by atoms with Gasteiger partial charge in [0.25, 0.3) is 0 Å². The Morgan fingerprint density at radius 3 is 2.88 bits per heavy atom. The van der Waals surface area contributed by atoms with Gasteiger partial charge in [-0.1, -0.05) is 0 Å². The number of carboxylic acids is 1. The van der Waals surface area contributed by atoms with Gasteiger partial charge >= 0.3 is 5.97 Å². The number of carbonyl (C=O) groups is 1. The van der Waals surface area contributed by atoms with Gasteiger partial charge in [-0.25, -0.2) is 19.7 Å². The quantitative estimate of drug-likeness (QED) is 0.866. The van der Waals surface area contributed by atoms with Gasteiger partial charge in [-0.2, -0.15) is 0 Å². The van der Waals surface area contributed by atoms with E-state index in [1.807, 2.05) is 0 Å². The first-order valence-corrected chi connectivity index (χ1v) is 5.08. The van der Waals surface area contributed by atoms with Crippen molar-refractivity contribution in [2.45, 2.75) is 0 Å². The molecule has 0 amide bonds. The van der Waals surface area contributed by atoms with Crippen molar-refractivity contribution in [1.82, 2.24) is 15.0 Å². The highest BCUT2D eigenvalue weighted by Gasteiger charge is 2.11. The van der Waals surface area contributed by atoms with Crippen LogP contribution in [0.4, 0.5) is 0 Å². The summed E-state index contributed by atoms with van der Waals surface area (Å²) in [6.45, 7) is 0. The normalized spacial score (nSPS) is 10.1. The Labute approximate surface area is 94.6 Å². The minimum absolute atomic E-state index is 0.174. The molecule has 0 atom stereocenters. The molecule has 2 aromatic heterocycles. The molecule has 0 radical (unpaired) electrons. The van der Waals surface area contributed by atoms with E-state index in [4.69, 9.17) is 9.84 Å². The molecule has 0 bridgehead atoms. The molecule has 1 N–H and O–H groups in total. The van der Waals surface area contributed by atoms with Gasteiger partial charge in [0.05, 0.1) is 13.3 Å². The number of nitrogens with zero attached hydrogens (tertiary/aromatic N) is 3. The molecule has 0 unspecified atom stereocenters. The molecule has 16 heavy (non-hydrogen) atoms. The summed E-state index contributed by atoms with van der Waals surface area (Å²) < 4.78 is 4.94. The number of hydrogen-bond acceptors (Lipinski definition) is 6. The van der Waals surface area contributed by atoms with Crippen molar-refractivity contribution in [3.05, 3.63) is 23.5 Å². The summed E-state index contributed by atoms with van der Waals surface area (Å²) in [4.78, 5) is 22.7. The number of aromatic nitrogens is 3. The van der Waals surface area contributed by atoms with Gasteiger partial charge < -0.3 is 9.84 Å². The van der Waals surface area contributed by atoms with Crippen LogP contribution in [0.5, 0.6) is 5.88 Å². The lowest BCUT2D eigenvalue weighted by Gasteiger charge is -1.98. The van der Waals surface area contributed by atoms with E-state index in [1.54, 1.807) is 6.07 Å². The van der Waals surface area contributed by atoms with E-state index >= 15 is 0 Å². The third-order valence-electron chi connectivity index (χ3n) is 1.79. The van der Waals surface area contributed by atoms with E-state index in [0.29, 0.717) is 16.6 Å². The van der Waals surface area contributed by atoms with Gasteiger partial charge in [-0.3, -0.25) is 0 Å². The number of ether oxygens (including phenoxy) is 1. The van der Waals surface area contributed by atoms with E-state index < -0.39 is 5.97 Å². The minimum Gasteiger partial charge on any atom is -0.481 e. The van der Waals surface area contributed by atoms with Gasteiger partial charge in [0.15, 0.2) is 0 Å². The molecule has 82 valence electrons. The highest BCUT2D eigenvalue weighted by molar-refractivity contribution is 7.16. The van der Waals surface area contributed by atoms with Crippen molar-refractivity contribution in [3.63, 3.8) is 0 Å². The van der Waals surface area contributed by atoms with Gasteiger partial charge in [0.2, 0.25) is 5.88 Å². The Bertz CT molecular complexity index is 526. The van der Waals surface area contributed by atoms with Crippen molar-refractivity contribution in [3.8, 4) is 16.6 Å². The van der Waals surface area contributed by atoms with Crippen LogP contribution in [0.2, 0.25) is 0 Å². The van der Waals surface area contributed by atoms with Crippen LogP contribution in [0.25, 0.3) is 10.7 Å². The zero-order valence-electron chi connectivity index (χ0n) is 8.25. The van der Waals surface area contributed by atoms with Gasteiger partial charge in [0, 0.05) is 6.07 Å². The molecule has 0 saturated carbocycles. The van der Waals surface area contributed by atoms with Crippen LogP contribution in [0.15, 0.2) is 18.6 Å². The summed E-state index contributed by atoms with van der Waals surface area (Å²) in [5.74, 6) is -0.582. The minimum atomic E-state index is -0.996. The first kappa shape index (κ1) is 10.5. The molecule has 0 aliphatic heterocycles. The van der Waals surface area contributed by atoms with Crippen molar-refractivity contribution < 1.29 is 14.6 Å². The van der Waals surface area contributed by atoms with Crippen LogP contribution in [-0.4, -0.2) is 33.1 Å². The fraction of sp³-hybridized carbons (Fsp3) is 0.111. The van der Waals surface area contributed by atoms with Crippen molar-refractivity contribution >= 4 is 17.3 Å². The SMILES string of the molecule is COc1cc(-c2ncc(C(=O)O)s2)ncn1. The first-order chi connectivity index (χ1) is 7.70. The summed E-state index contributed by atoms with van der Waals surface area (Å²) >= 11 is 1.06. The fourth-order valence-corrected chi connectivity index (χ4v) is 1.78. The molecule has 0 aliphatic carbocycles. The van der Waals surface area contributed by atoms with Crippen LogP contribution < -0.4 is 4.74 Å². The number of rotatable bonds is 3. The predicted octanol–water partition coefficient (Wildman–Crippen LogP) is 1.31. The molecular weight excluding hydrogens is 230 g/mol. The lowest BCUT2D eigenvalue weighted by molar-refractivity contribution is 0.0702. The largest absolute Gasteiger partial charge is 0.481 e. The zero-order chi connectivity index (χ0) is 11.5. The zero-order valence-corrected chi connectivity index (χ0v) is 9.06. The second kappa shape index (κ2) is 4.23. The smallest absolute Gasteiger partial charge is 0.347 e. The molecule has 0 aliphatic rings. The van der Waals surface area contributed by atoms with E-state index in [9.17, 15) is 4.79 Å². The molecule has 2 rings (SSSR count). The van der Waals surface area contributed by atoms with Crippen LogP contribution >= 0.6 is 11.3 Å². The predicted molar refractivity (Wildman–Crippen MR) is 56.7 cm³/mol. The Hall–Kier alpha value is -2.02. The maximum absolute atomic E-state index is 10.7. The Balaban J connectivity index is 2.38. The molecule has 2 heterocycles. The van der Waals surface area contributed by atoms with Crippen molar-refractivity contribution in [2.24, 2.45) is 0 Å². The number of thiazole rings is 1. The standard InChI is InChI=1S/C9H7N3O3S/c1-15-7-2-5(11-4-12-7)8-10-3-6(16-8)9(13)14/h2-4H,1H3,(H,13,14). The Morgan fingerprint density at radius 2 is 2.25 bits per heavy atom. The van der Waals surface area contributed by atoms with E-state index in [0.717, 1.165) is 11.3 Å². The fourth-order valence-electron chi connectivity index (χ4n) is 1.06. The first-order valence-electron chi connectivity index (χ1n) is 4.26. The molecule has 7 heteroatoms. The Kier molecular flexibility index (Phi) is 2.78. The Morgan fingerprint density at radius 1 is 1.44 bits per heavy atom. The lowest BCUT2D eigenvalue weighted by Crippen LogP contribution is -1.90. The molecule has 0 aromatic carbocycles. The lowest BCUT2D eigenvalue weighted by atomic mass is 10.4. The van der Waals surface area contributed by atoms with Gasteiger partial charge in [-0.05, 0) is 0 Å². The number of carboxylic acid groups (broad SMARTS) is 1. The summed E-state index contributed by atoms with van der Waals surface area (Å²) in [6.07, 6.45) is 2.65. The summed E-state index contributed by atoms with van der Waals surface area (Å²) in [5.41, 5.74) is 0.546. The van der Waals surface area contributed by atoms with E-state index in [2.05, 4.69) is 15.0 Å². The second-order valence-electron chi connectivity index (χ2n) is 2.78. The molecule has 2 aromatic rings. The number of hydrogen-bond donors (Lipinski definition) is 1. The molecule has 0 spiro atoms. The van der Waals surface area contributed by atoms with Gasteiger partial charge in [0.1, 0.15) is 21.9 Å². The number of methoxy groups -OCH3 is 1. The summed E-state index contributed by atoms with van der Waals surface area (Å²) in [7, 11) is 1.50. The topological polar surface area (TPSA) is 85.2 Å². The highest BCUT2D eigenvalue weighted by Crippen LogP contribution is 2.24. The van der Waals surface area contributed by atoms with E-state index in [1.165, 1.54) is 19.6 Å². The molecular formula is C9H7N3O3S. The average Bonchev–Trinajstić information content (AvgIpc) is 2.78. The average molecular weight is 237 g/mol. The molecule has 6 nitrogen and oxygen atoms in total. The number of aromatic carboxylic acids is 1. The second-order valence-corrected chi connectivity index (χ2v) is 3.81. The molecule has 0 fully saturated rings. The van der Waals surface area contributed by atoms with Crippen LogP contribution in [0.3, 0.4) is 0 Å². The third kappa shape index (κ3) is 1.98. The van der Waals surface area contributed by atoms with Crippen molar-refractivity contribution in [2.75, 3.05) is 7.11 Å². The maximum atomic E-state index is 10.7. The monoisotopic (exact) mass is 237 g/mol. The van der Waals surface area contributed by atoms with Crippen LogP contribution in [0.1, 0.15) is 9.67 Å². The molecule has 0 saturated heterocycles. The summed E-state index contributed by atoms with van der Waals surface area (Å²) in [6, 6.07) is 1.60. The van der Waals surface area contributed by atoms with Gasteiger partial charge in [-0.15, -0.1) is 11.3 Å². The van der Waals surface area contributed by atoms with Crippen LogP contribution in [-0.2, 0) is 0 Å². The van der Waals surface area contributed by atoms with Crippen molar-refractivity contribution in [1.29, 1.82) is 0 Å². The summed E-state index contributed by atoms with van der Waals surface area (Å²) in [5, 5.41) is 9.28. The van der Waals surface area contributed by atoms with Crippen LogP contribution in [0, 0.1) is 0 Å². The third-order valence-corrected chi connectivity index (χ3v) is 2.79. The maximum Gasteiger partial charge on any atom is 0.347 e.